The van der Waals surface area contributed by atoms with Crippen molar-refractivity contribution in [2.24, 2.45) is 5.73 Å². The first-order chi connectivity index (χ1) is 12.0. The van der Waals surface area contributed by atoms with E-state index in [4.69, 9.17) is 10.5 Å². The maximum atomic E-state index is 12.4. The van der Waals surface area contributed by atoms with Crippen molar-refractivity contribution in [3.63, 3.8) is 0 Å². The van der Waals surface area contributed by atoms with Crippen LogP contribution in [0.2, 0.25) is 0 Å². The molecule has 2 aromatic rings. The number of nitrogens with two attached hydrogens (primary N) is 1. The van der Waals surface area contributed by atoms with E-state index in [1.807, 2.05) is 13.0 Å². The molecule has 2 aromatic carbocycles. The first-order valence-electron chi connectivity index (χ1n) is 8.09. The summed E-state index contributed by atoms with van der Waals surface area (Å²) >= 11 is 0. The second-order valence-electron chi connectivity index (χ2n) is 5.66. The fraction of sp³-hybridized carbons (Fsp3) is 0.263. The molecule has 0 aliphatic carbocycles. The fourth-order valence-corrected chi connectivity index (χ4v) is 2.28. The molecule has 0 spiro atoms. The van der Waals surface area contributed by atoms with Gasteiger partial charge < -0.3 is 21.1 Å². The Morgan fingerprint density at radius 3 is 2.64 bits per heavy atom. The van der Waals surface area contributed by atoms with E-state index in [0.717, 1.165) is 5.56 Å². The zero-order valence-electron chi connectivity index (χ0n) is 14.5. The summed E-state index contributed by atoms with van der Waals surface area (Å²) in [5.74, 6) is 0.276. The van der Waals surface area contributed by atoms with Gasteiger partial charge >= 0.3 is 0 Å². The Hall–Kier alpha value is -2.86. The van der Waals surface area contributed by atoms with E-state index < -0.39 is 0 Å². The van der Waals surface area contributed by atoms with Gasteiger partial charge in [-0.1, -0.05) is 12.1 Å². The Kier molecular flexibility index (Phi) is 6.54. The quantitative estimate of drug-likeness (QED) is 0.722. The summed E-state index contributed by atoms with van der Waals surface area (Å²) in [6.45, 7) is 2.37. The van der Waals surface area contributed by atoms with Crippen LogP contribution in [-0.2, 0) is 4.79 Å². The van der Waals surface area contributed by atoms with Gasteiger partial charge in [-0.15, -0.1) is 0 Å². The SMILES string of the molecule is COc1cccc(C(=O)Nc2cc(NC(=O)CCCN)ccc2C)c1. The number of hydrogen-bond acceptors (Lipinski definition) is 4. The lowest BCUT2D eigenvalue weighted by molar-refractivity contribution is -0.116. The van der Waals surface area contributed by atoms with Gasteiger partial charge in [-0.25, -0.2) is 0 Å². The highest BCUT2D eigenvalue weighted by Crippen LogP contribution is 2.22. The smallest absolute Gasteiger partial charge is 0.255 e. The average molecular weight is 341 g/mol. The summed E-state index contributed by atoms with van der Waals surface area (Å²) in [6, 6.07) is 12.3. The number of nitrogens with one attached hydrogen (secondary N) is 2. The van der Waals surface area contributed by atoms with Crippen LogP contribution >= 0.6 is 0 Å². The van der Waals surface area contributed by atoms with Crippen LogP contribution in [0.15, 0.2) is 42.5 Å². The molecular formula is C19H23N3O3. The first-order valence-corrected chi connectivity index (χ1v) is 8.09. The van der Waals surface area contributed by atoms with Crippen molar-refractivity contribution in [3.8, 4) is 5.75 Å². The molecule has 0 radical (unpaired) electrons. The van der Waals surface area contributed by atoms with Crippen molar-refractivity contribution in [1.29, 1.82) is 0 Å². The highest BCUT2D eigenvalue weighted by Gasteiger charge is 2.10. The minimum absolute atomic E-state index is 0.0978. The molecule has 0 unspecified atom stereocenters. The molecule has 0 saturated carbocycles. The van der Waals surface area contributed by atoms with Gasteiger partial charge in [0.2, 0.25) is 5.91 Å². The summed E-state index contributed by atoms with van der Waals surface area (Å²) in [6.07, 6.45) is 1.01. The minimum atomic E-state index is -0.242. The molecule has 132 valence electrons. The number of rotatable bonds is 7. The third-order valence-electron chi connectivity index (χ3n) is 3.71. The van der Waals surface area contributed by atoms with Gasteiger partial charge in [0.25, 0.3) is 5.91 Å². The Morgan fingerprint density at radius 1 is 1.12 bits per heavy atom. The summed E-state index contributed by atoms with van der Waals surface area (Å²) in [7, 11) is 1.55. The van der Waals surface area contributed by atoms with E-state index in [-0.39, 0.29) is 11.8 Å². The Balaban J connectivity index is 2.11. The van der Waals surface area contributed by atoms with Gasteiger partial charge in [0.15, 0.2) is 0 Å². The van der Waals surface area contributed by atoms with E-state index in [9.17, 15) is 9.59 Å². The molecule has 4 N–H and O–H groups in total. The molecule has 2 rings (SSSR count). The number of hydrogen-bond donors (Lipinski definition) is 3. The summed E-state index contributed by atoms with van der Waals surface area (Å²) in [4.78, 5) is 24.3. The maximum Gasteiger partial charge on any atom is 0.255 e. The molecule has 6 nitrogen and oxygen atoms in total. The third kappa shape index (κ3) is 5.32. The van der Waals surface area contributed by atoms with Crippen molar-refractivity contribution in [2.45, 2.75) is 19.8 Å². The van der Waals surface area contributed by atoms with Crippen LogP contribution in [0.1, 0.15) is 28.8 Å². The van der Waals surface area contributed by atoms with Gasteiger partial charge in [-0.3, -0.25) is 9.59 Å². The fourth-order valence-electron chi connectivity index (χ4n) is 2.28. The number of benzene rings is 2. The molecule has 0 aliphatic rings. The van der Waals surface area contributed by atoms with Gasteiger partial charge in [0.1, 0.15) is 5.75 Å². The zero-order valence-corrected chi connectivity index (χ0v) is 14.5. The van der Waals surface area contributed by atoms with Crippen LogP contribution in [-0.4, -0.2) is 25.5 Å². The predicted octanol–water partition coefficient (Wildman–Crippen LogP) is 2.93. The molecular weight excluding hydrogens is 318 g/mol. The molecule has 2 amide bonds. The summed E-state index contributed by atoms with van der Waals surface area (Å²) < 4.78 is 5.14. The maximum absolute atomic E-state index is 12.4. The first kappa shape index (κ1) is 18.5. The number of aryl methyl sites for hydroxylation is 1. The second kappa shape index (κ2) is 8.84. The molecule has 0 aromatic heterocycles. The Labute approximate surface area is 147 Å². The molecule has 0 heterocycles. The average Bonchev–Trinajstić information content (AvgIpc) is 2.62. The van der Waals surface area contributed by atoms with Crippen molar-refractivity contribution in [2.75, 3.05) is 24.3 Å². The standard InChI is InChI=1S/C19H23N3O3/c1-13-8-9-15(21-18(23)7-4-10-20)12-17(13)22-19(24)14-5-3-6-16(11-14)25-2/h3,5-6,8-9,11-12H,4,7,10,20H2,1-2H3,(H,21,23)(H,22,24). The number of anilines is 2. The number of carbonyl (C=O) groups excluding carboxylic acids is 2. The monoisotopic (exact) mass is 341 g/mol. The number of methoxy groups -OCH3 is 1. The lowest BCUT2D eigenvalue weighted by atomic mass is 10.1. The predicted molar refractivity (Wildman–Crippen MR) is 99.0 cm³/mol. The second-order valence-corrected chi connectivity index (χ2v) is 5.66. The van der Waals surface area contributed by atoms with Gasteiger partial charge in [-0.2, -0.15) is 0 Å². The van der Waals surface area contributed by atoms with E-state index in [1.54, 1.807) is 43.5 Å². The van der Waals surface area contributed by atoms with Crippen molar-refractivity contribution in [3.05, 3.63) is 53.6 Å². The van der Waals surface area contributed by atoms with E-state index in [1.165, 1.54) is 0 Å². The van der Waals surface area contributed by atoms with Crippen LogP contribution in [0, 0.1) is 6.92 Å². The summed E-state index contributed by atoms with van der Waals surface area (Å²) in [5, 5.41) is 5.68. The molecule has 0 atom stereocenters. The van der Waals surface area contributed by atoms with E-state index in [0.29, 0.717) is 42.1 Å². The third-order valence-corrected chi connectivity index (χ3v) is 3.71. The minimum Gasteiger partial charge on any atom is -0.497 e. The van der Waals surface area contributed by atoms with Crippen LogP contribution in [0.4, 0.5) is 11.4 Å². The number of amides is 2. The molecule has 0 saturated heterocycles. The topological polar surface area (TPSA) is 93.5 Å². The van der Waals surface area contributed by atoms with Crippen LogP contribution in [0.3, 0.4) is 0 Å². The highest BCUT2D eigenvalue weighted by atomic mass is 16.5. The van der Waals surface area contributed by atoms with E-state index in [2.05, 4.69) is 10.6 Å². The lowest BCUT2D eigenvalue weighted by Crippen LogP contribution is -2.15. The molecule has 0 fully saturated rings. The van der Waals surface area contributed by atoms with Crippen molar-refractivity contribution >= 4 is 23.2 Å². The van der Waals surface area contributed by atoms with Crippen LogP contribution in [0.25, 0.3) is 0 Å². The van der Waals surface area contributed by atoms with Crippen LogP contribution < -0.4 is 21.1 Å². The molecule has 0 bridgehead atoms. The van der Waals surface area contributed by atoms with Gasteiger partial charge in [-0.05, 0) is 55.8 Å². The highest BCUT2D eigenvalue weighted by molar-refractivity contribution is 6.05. The summed E-state index contributed by atoms with van der Waals surface area (Å²) in [5.41, 5.74) is 8.08. The lowest BCUT2D eigenvalue weighted by Gasteiger charge is -2.12. The molecule has 0 aliphatic heterocycles. The largest absolute Gasteiger partial charge is 0.497 e. The molecule has 25 heavy (non-hydrogen) atoms. The van der Waals surface area contributed by atoms with E-state index >= 15 is 0 Å². The van der Waals surface area contributed by atoms with Crippen molar-refractivity contribution in [1.82, 2.24) is 0 Å². The van der Waals surface area contributed by atoms with Crippen LogP contribution in [0.5, 0.6) is 5.75 Å². The Morgan fingerprint density at radius 2 is 1.92 bits per heavy atom. The Bertz CT molecular complexity index is 759. The number of carbonyl (C=O) groups is 2. The van der Waals surface area contributed by atoms with Gasteiger partial charge in [0.05, 0.1) is 7.11 Å². The molecule has 6 heteroatoms. The van der Waals surface area contributed by atoms with Gasteiger partial charge in [0, 0.05) is 23.4 Å². The normalized spacial score (nSPS) is 10.2. The number of ether oxygens (including phenoxy) is 1. The zero-order chi connectivity index (χ0) is 18.2. The van der Waals surface area contributed by atoms with Crippen molar-refractivity contribution < 1.29 is 14.3 Å².